The van der Waals surface area contributed by atoms with E-state index in [1.54, 1.807) is 24.5 Å². The zero-order valence-corrected chi connectivity index (χ0v) is 13.2. The van der Waals surface area contributed by atoms with E-state index in [0.717, 1.165) is 19.3 Å². The zero-order chi connectivity index (χ0) is 16.7. The Labute approximate surface area is 139 Å². The lowest BCUT2D eigenvalue weighted by Gasteiger charge is -2.48. The molecule has 3 fully saturated rings. The van der Waals surface area contributed by atoms with Gasteiger partial charge in [0.2, 0.25) is 0 Å². The molecule has 6 heteroatoms. The van der Waals surface area contributed by atoms with Crippen LogP contribution in [0.3, 0.4) is 0 Å². The number of benzene rings is 1. The van der Waals surface area contributed by atoms with E-state index < -0.39 is 5.82 Å². The average molecular weight is 326 g/mol. The number of nitrogens with two attached hydrogens (primary N) is 1. The SMILES string of the molecule is NC1CC2CCC1N(C(=O)c1cc(F)ccc1-c1ncccn1)C2. The number of hydrogen-bond acceptors (Lipinski definition) is 4. The van der Waals surface area contributed by atoms with Crippen molar-refractivity contribution in [1.29, 1.82) is 0 Å². The van der Waals surface area contributed by atoms with Gasteiger partial charge in [0.15, 0.2) is 5.82 Å². The highest BCUT2D eigenvalue weighted by Gasteiger charge is 2.41. The first kappa shape index (κ1) is 15.2. The Hall–Kier alpha value is -2.34. The van der Waals surface area contributed by atoms with Crippen molar-refractivity contribution in [2.24, 2.45) is 11.7 Å². The molecule has 3 aliphatic rings. The number of nitrogens with zero attached hydrogens (tertiary/aromatic N) is 3. The second-order valence-electron chi connectivity index (χ2n) is 6.63. The van der Waals surface area contributed by atoms with Gasteiger partial charge < -0.3 is 10.6 Å². The molecule has 1 amide bonds. The van der Waals surface area contributed by atoms with E-state index in [9.17, 15) is 9.18 Å². The Morgan fingerprint density at radius 1 is 1.25 bits per heavy atom. The van der Waals surface area contributed by atoms with Gasteiger partial charge in [-0.3, -0.25) is 4.79 Å². The Kier molecular flexibility index (Phi) is 3.76. The van der Waals surface area contributed by atoms with Crippen LogP contribution in [-0.4, -0.2) is 39.4 Å². The predicted molar refractivity (Wildman–Crippen MR) is 87.6 cm³/mol. The number of carbonyl (C=O) groups is 1. The molecule has 1 aromatic carbocycles. The molecule has 124 valence electrons. The summed E-state index contributed by atoms with van der Waals surface area (Å²) in [6.45, 7) is 0.697. The molecule has 0 spiro atoms. The normalized spacial score (nSPS) is 25.8. The minimum Gasteiger partial charge on any atom is -0.334 e. The molecule has 3 unspecified atom stereocenters. The maximum absolute atomic E-state index is 13.8. The number of carbonyl (C=O) groups excluding carboxylic acids is 1. The van der Waals surface area contributed by atoms with E-state index in [4.69, 9.17) is 5.73 Å². The number of fused-ring (bicyclic) bond motifs is 3. The van der Waals surface area contributed by atoms with Gasteiger partial charge in [0.05, 0.1) is 5.56 Å². The van der Waals surface area contributed by atoms with Gasteiger partial charge in [-0.1, -0.05) is 0 Å². The van der Waals surface area contributed by atoms with E-state index in [1.807, 2.05) is 4.90 Å². The first-order chi connectivity index (χ1) is 11.6. The molecule has 1 aromatic heterocycles. The summed E-state index contributed by atoms with van der Waals surface area (Å²) in [4.78, 5) is 23.4. The number of halogens is 1. The Morgan fingerprint density at radius 2 is 2.04 bits per heavy atom. The first-order valence-corrected chi connectivity index (χ1v) is 8.27. The van der Waals surface area contributed by atoms with Crippen molar-refractivity contribution >= 4 is 5.91 Å². The van der Waals surface area contributed by atoms with Crippen LogP contribution in [0, 0.1) is 11.7 Å². The second-order valence-corrected chi connectivity index (χ2v) is 6.63. The van der Waals surface area contributed by atoms with E-state index in [-0.39, 0.29) is 18.0 Å². The van der Waals surface area contributed by atoms with Crippen LogP contribution in [0.1, 0.15) is 29.6 Å². The average Bonchev–Trinajstić information content (AvgIpc) is 2.62. The molecule has 2 saturated heterocycles. The fraction of sp³-hybridized carbons (Fsp3) is 0.389. The van der Waals surface area contributed by atoms with Crippen LogP contribution in [0.4, 0.5) is 4.39 Å². The lowest BCUT2D eigenvalue weighted by Crippen LogP contribution is -2.60. The minimum atomic E-state index is -0.440. The molecule has 0 radical (unpaired) electrons. The molecule has 5 rings (SSSR count). The number of amides is 1. The van der Waals surface area contributed by atoms with Crippen LogP contribution < -0.4 is 5.73 Å². The molecule has 5 nitrogen and oxygen atoms in total. The van der Waals surface area contributed by atoms with Gasteiger partial charge in [-0.05, 0) is 49.4 Å². The summed E-state index contributed by atoms with van der Waals surface area (Å²) in [5.41, 5.74) is 7.07. The van der Waals surface area contributed by atoms with Crippen LogP contribution in [0.15, 0.2) is 36.7 Å². The molecular weight excluding hydrogens is 307 g/mol. The van der Waals surface area contributed by atoms with Crippen molar-refractivity contribution in [3.8, 4) is 11.4 Å². The molecular formula is C18H19FN4O. The van der Waals surface area contributed by atoms with Crippen LogP contribution in [-0.2, 0) is 0 Å². The third-order valence-electron chi connectivity index (χ3n) is 5.11. The van der Waals surface area contributed by atoms with Crippen molar-refractivity contribution in [3.63, 3.8) is 0 Å². The standard InChI is InChI=1S/C18H19FN4O/c19-12-3-4-13(17-21-6-1-7-22-17)14(9-12)18(24)23-10-11-2-5-16(23)15(20)8-11/h1,3-4,6-7,9,11,15-16H,2,5,8,10,20H2. The number of rotatable bonds is 2. The summed E-state index contributed by atoms with van der Waals surface area (Å²) in [6.07, 6.45) is 6.22. The highest BCUT2D eigenvalue weighted by molar-refractivity contribution is 6.00. The summed E-state index contributed by atoms with van der Waals surface area (Å²) >= 11 is 0. The number of hydrogen-bond donors (Lipinski definition) is 1. The van der Waals surface area contributed by atoms with Crippen molar-refractivity contribution in [2.75, 3.05) is 6.54 Å². The van der Waals surface area contributed by atoms with Gasteiger partial charge in [0.1, 0.15) is 5.82 Å². The van der Waals surface area contributed by atoms with Crippen molar-refractivity contribution < 1.29 is 9.18 Å². The summed E-state index contributed by atoms with van der Waals surface area (Å²) in [7, 11) is 0. The molecule has 3 heterocycles. The third-order valence-corrected chi connectivity index (χ3v) is 5.11. The fourth-order valence-electron chi connectivity index (χ4n) is 3.96. The molecule has 2 aliphatic heterocycles. The highest BCUT2D eigenvalue weighted by Crippen LogP contribution is 2.36. The Bertz CT molecular complexity index is 767. The van der Waals surface area contributed by atoms with Gasteiger partial charge in [0.25, 0.3) is 5.91 Å². The fourth-order valence-corrected chi connectivity index (χ4v) is 3.96. The van der Waals surface area contributed by atoms with E-state index >= 15 is 0 Å². The van der Waals surface area contributed by atoms with Crippen molar-refractivity contribution in [2.45, 2.75) is 31.3 Å². The predicted octanol–water partition coefficient (Wildman–Crippen LogP) is 2.23. The topological polar surface area (TPSA) is 72.1 Å². The van der Waals surface area contributed by atoms with Gasteiger partial charge in [-0.25, -0.2) is 14.4 Å². The highest BCUT2D eigenvalue weighted by atomic mass is 19.1. The van der Waals surface area contributed by atoms with Gasteiger partial charge in [-0.2, -0.15) is 0 Å². The minimum absolute atomic E-state index is 0.00596. The molecule has 1 aliphatic carbocycles. The van der Waals surface area contributed by atoms with Crippen LogP contribution >= 0.6 is 0 Å². The smallest absolute Gasteiger partial charge is 0.255 e. The summed E-state index contributed by atoms with van der Waals surface area (Å²) in [6, 6.07) is 5.93. The lowest BCUT2D eigenvalue weighted by molar-refractivity contribution is 0.0250. The second kappa shape index (κ2) is 5.94. The zero-order valence-electron chi connectivity index (χ0n) is 13.2. The molecule has 1 saturated carbocycles. The monoisotopic (exact) mass is 326 g/mol. The van der Waals surface area contributed by atoms with E-state index in [1.165, 1.54) is 12.1 Å². The molecule has 3 atom stereocenters. The Morgan fingerprint density at radius 3 is 2.75 bits per heavy atom. The lowest BCUT2D eigenvalue weighted by atomic mass is 9.76. The van der Waals surface area contributed by atoms with Gasteiger partial charge in [0, 0.05) is 36.6 Å². The summed E-state index contributed by atoms with van der Waals surface area (Å²) in [5.74, 6) is 0.248. The van der Waals surface area contributed by atoms with Gasteiger partial charge in [-0.15, -0.1) is 0 Å². The molecule has 24 heavy (non-hydrogen) atoms. The quantitative estimate of drug-likeness (QED) is 0.918. The molecule has 2 bridgehead atoms. The van der Waals surface area contributed by atoms with E-state index in [0.29, 0.717) is 29.4 Å². The summed E-state index contributed by atoms with van der Waals surface area (Å²) in [5, 5.41) is 0. The maximum atomic E-state index is 13.8. The molecule has 2 N–H and O–H groups in total. The number of piperidine rings is 2. The van der Waals surface area contributed by atoms with Crippen molar-refractivity contribution in [1.82, 2.24) is 14.9 Å². The van der Waals surface area contributed by atoms with Crippen molar-refractivity contribution in [3.05, 3.63) is 48.0 Å². The van der Waals surface area contributed by atoms with Crippen LogP contribution in [0.5, 0.6) is 0 Å². The Balaban J connectivity index is 1.73. The number of aromatic nitrogens is 2. The van der Waals surface area contributed by atoms with Gasteiger partial charge >= 0.3 is 0 Å². The third kappa shape index (κ3) is 2.57. The van der Waals surface area contributed by atoms with Crippen LogP contribution in [0.25, 0.3) is 11.4 Å². The first-order valence-electron chi connectivity index (χ1n) is 8.27. The van der Waals surface area contributed by atoms with E-state index in [2.05, 4.69) is 9.97 Å². The largest absolute Gasteiger partial charge is 0.334 e. The molecule has 2 aromatic rings. The summed E-state index contributed by atoms with van der Waals surface area (Å²) < 4.78 is 13.8. The maximum Gasteiger partial charge on any atom is 0.255 e. The van der Waals surface area contributed by atoms with Crippen LogP contribution in [0.2, 0.25) is 0 Å².